The second-order valence-corrected chi connectivity index (χ2v) is 4.83. The molecule has 21 heavy (non-hydrogen) atoms. The first-order valence-electron chi connectivity index (χ1n) is 6.37. The Labute approximate surface area is 119 Å². The Kier molecular flexibility index (Phi) is 3.47. The molecule has 0 aromatic carbocycles. The summed E-state index contributed by atoms with van der Waals surface area (Å²) in [6.07, 6.45) is -2.72. The Morgan fingerprint density at radius 2 is 2.14 bits per heavy atom. The van der Waals surface area contributed by atoms with Gasteiger partial charge in [-0.25, -0.2) is 15.8 Å². The summed E-state index contributed by atoms with van der Waals surface area (Å²) in [7, 11) is 0. The van der Waals surface area contributed by atoms with E-state index >= 15 is 0 Å². The number of aliphatic hydroxyl groups is 3. The van der Waals surface area contributed by atoms with E-state index in [0.717, 1.165) is 0 Å². The number of nitrogens with one attached hydrogen (secondary N) is 1. The number of hydrogen-bond donors (Lipinski definition) is 5. The van der Waals surface area contributed by atoms with Crippen LogP contribution in [0.15, 0.2) is 6.33 Å². The van der Waals surface area contributed by atoms with Crippen LogP contribution in [0.2, 0.25) is 0 Å². The maximum absolute atomic E-state index is 10.1. The number of imidazole rings is 1. The smallest absolute Gasteiger partial charge is 0.239 e. The second kappa shape index (κ2) is 5.16. The van der Waals surface area contributed by atoms with Crippen LogP contribution in [0, 0.1) is 6.92 Å². The number of aromatic nitrogens is 4. The van der Waals surface area contributed by atoms with Crippen LogP contribution < -0.4 is 11.3 Å². The average molecular weight is 296 g/mol. The molecule has 1 saturated heterocycles. The van der Waals surface area contributed by atoms with Crippen molar-refractivity contribution in [2.24, 2.45) is 5.84 Å². The maximum Gasteiger partial charge on any atom is 0.239 e. The number of aliphatic hydroxyl groups excluding tert-OH is 3. The number of hydrogen-bond acceptors (Lipinski definition) is 9. The fourth-order valence-electron chi connectivity index (χ4n) is 2.42. The quantitative estimate of drug-likeness (QED) is 0.321. The number of nitrogens with two attached hydrogens (primary N) is 1. The Morgan fingerprint density at radius 3 is 2.76 bits per heavy atom. The van der Waals surface area contributed by atoms with E-state index in [4.69, 9.17) is 15.7 Å². The second-order valence-electron chi connectivity index (χ2n) is 4.83. The van der Waals surface area contributed by atoms with Crippen LogP contribution in [0.4, 0.5) is 5.95 Å². The third kappa shape index (κ3) is 2.13. The van der Waals surface area contributed by atoms with E-state index in [1.165, 1.54) is 10.9 Å². The number of anilines is 1. The van der Waals surface area contributed by atoms with Crippen LogP contribution in [-0.4, -0.2) is 59.8 Å². The molecule has 0 amide bonds. The zero-order valence-corrected chi connectivity index (χ0v) is 11.2. The molecule has 1 fully saturated rings. The molecule has 0 unspecified atom stereocenters. The molecule has 10 heteroatoms. The number of hydrazine groups is 1. The van der Waals surface area contributed by atoms with Gasteiger partial charge >= 0.3 is 0 Å². The molecule has 114 valence electrons. The summed E-state index contributed by atoms with van der Waals surface area (Å²) in [6, 6.07) is 0. The molecule has 4 atom stereocenters. The van der Waals surface area contributed by atoms with Gasteiger partial charge in [0.1, 0.15) is 23.8 Å². The van der Waals surface area contributed by atoms with E-state index < -0.39 is 31.1 Å². The summed E-state index contributed by atoms with van der Waals surface area (Å²) in [6.45, 7) is 1.35. The van der Waals surface area contributed by atoms with Gasteiger partial charge in [-0.15, -0.1) is 0 Å². The van der Waals surface area contributed by atoms with Gasteiger partial charge in [-0.05, 0) is 6.92 Å². The van der Waals surface area contributed by atoms with E-state index in [0.29, 0.717) is 16.9 Å². The average Bonchev–Trinajstić information content (AvgIpc) is 3.02. The Hall–Kier alpha value is -1.85. The van der Waals surface area contributed by atoms with Crippen LogP contribution in [-0.2, 0) is 4.74 Å². The first-order chi connectivity index (χ1) is 10.1. The lowest BCUT2D eigenvalue weighted by atomic mass is 10.1. The van der Waals surface area contributed by atoms with Crippen molar-refractivity contribution in [1.82, 2.24) is 19.5 Å². The van der Waals surface area contributed by atoms with Crippen molar-refractivity contribution in [1.29, 1.82) is 0 Å². The predicted molar refractivity (Wildman–Crippen MR) is 70.9 cm³/mol. The molecule has 6 N–H and O–H groups in total. The molecule has 1 aliphatic heterocycles. The highest BCUT2D eigenvalue weighted by Gasteiger charge is 2.44. The van der Waals surface area contributed by atoms with Crippen molar-refractivity contribution >= 4 is 17.1 Å². The minimum absolute atomic E-state index is 0.202. The van der Waals surface area contributed by atoms with Crippen molar-refractivity contribution in [3.05, 3.63) is 12.0 Å². The fraction of sp³-hybridized carbons (Fsp3) is 0.545. The van der Waals surface area contributed by atoms with Crippen molar-refractivity contribution in [2.75, 3.05) is 12.0 Å². The summed E-state index contributed by atoms with van der Waals surface area (Å²) in [5.74, 6) is 5.52. The number of nitrogens with zero attached hydrogens (tertiary/aromatic N) is 4. The maximum atomic E-state index is 10.1. The summed E-state index contributed by atoms with van der Waals surface area (Å²) in [5, 5.41) is 29.0. The highest BCUT2D eigenvalue weighted by molar-refractivity contribution is 5.74. The number of rotatable bonds is 3. The van der Waals surface area contributed by atoms with Crippen LogP contribution in [0.1, 0.15) is 11.9 Å². The monoisotopic (exact) mass is 296 g/mol. The van der Waals surface area contributed by atoms with Crippen molar-refractivity contribution in [2.45, 2.75) is 31.5 Å². The topological polar surface area (TPSA) is 152 Å². The zero-order chi connectivity index (χ0) is 15.1. The molecule has 2 aromatic heterocycles. The van der Waals surface area contributed by atoms with Gasteiger partial charge in [0, 0.05) is 0 Å². The highest BCUT2D eigenvalue weighted by atomic mass is 16.6. The van der Waals surface area contributed by atoms with E-state index in [2.05, 4.69) is 20.4 Å². The lowest BCUT2D eigenvalue weighted by molar-refractivity contribution is -0.0511. The predicted octanol–water partition coefficient (Wildman–Crippen LogP) is -1.97. The Balaban J connectivity index is 2.07. The Morgan fingerprint density at radius 1 is 1.38 bits per heavy atom. The summed E-state index contributed by atoms with van der Waals surface area (Å²) < 4.78 is 6.94. The van der Waals surface area contributed by atoms with Crippen LogP contribution >= 0.6 is 0 Å². The molecule has 0 saturated carbocycles. The van der Waals surface area contributed by atoms with Crippen molar-refractivity contribution < 1.29 is 20.1 Å². The van der Waals surface area contributed by atoms with Gasteiger partial charge in [0.2, 0.25) is 5.95 Å². The molecule has 3 heterocycles. The zero-order valence-electron chi connectivity index (χ0n) is 11.2. The van der Waals surface area contributed by atoms with Gasteiger partial charge in [-0.3, -0.25) is 9.99 Å². The molecular formula is C11H16N6O4. The number of fused-ring (bicyclic) bond motifs is 1. The molecule has 3 rings (SSSR count). The van der Waals surface area contributed by atoms with Gasteiger partial charge in [0.05, 0.1) is 18.6 Å². The van der Waals surface area contributed by atoms with Gasteiger partial charge in [-0.1, -0.05) is 0 Å². The fourth-order valence-corrected chi connectivity index (χ4v) is 2.42. The number of aryl methyl sites for hydroxylation is 1. The molecular weight excluding hydrogens is 280 g/mol. The Bertz CT molecular complexity index is 661. The van der Waals surface area contributed by atoms with Gasteiger partial charge in [0.15, 0.2) is 11.9 Å². The minimum Gasteiger partial charge on any atom is -0.394 e. The number of ether oxygens (including phenoxy) is 1. The molecule has 1 aliphatic rings. The molecule has 10 nitrogen and oxygen atoms in total. The van der Waals surface area contributed by atoms with Gasteiger partial charge < -0.3 is 20.1 Å². The SMILES string of the molecule is Cc1nc(NN)nc2c1ncn2[C@@H]1O[C@H](CO)[C@@H](O)[C@H]1O. The molecule has 0 bridgehead atoms. The van der Waals surface area contributed by atoms with Gasteiger partial charge in [-0.2, -0.15) is 4.98 Å². The molecule has 0 spiro atoms. The number of nitrogen functional groups attached to an aromatic ring is 1. The third-order valence-electron chi connectivity index (χ3n) is 3.52. The van der Waals surface area contributed by atoms with Crippen LogP contribution in [0.5, 0.6) is 0 Å². The molecule has 0 aliphatic carbocycles. The van der Waals surface area contributed by atoms with E-state index in [9.17, 15) is 10.2 Å². The third-order valence-corrected chi connectivity index (χ3v) is 3.52. The lowest BCUT2D eigenvalue weighted by Gasteiger charge is -2.16. The first-order valence-corrected chi connectivity index (χ1v) is 6.37. The summed E-state index contributed by atoms with van der Waals surface area (Å²) in [5.41, 5.74) is 3.90. The normalized spacial score (nSPS) is 29.2. The standard InChI is InChI=1S/C11H16N6O4/c1-4-6-9(15-11(14-4)16-12)17(3-13-6)10-8(20)7(19)5(2-18)21-10/h3,5,7-8,10,18-20H,2,12H2,1H3,(H,14,15,16)/t5-,7-,8-,10-/m1/s1. The highest BCUT2D eigenvalue weighted by Crippen LogP contribution is 2.31. The summed E-state index contributed by atoms with van der Waals surface area (Å²) in [4.78, 5) is 12.5. The van der Waals surface area contributed by atoms with E-state index in [1.54, 1.807) is 6.92 Å². The van der Waals surface area contributed by atoms with Crippen LogP contribution in [0.25, 0.3) is 11.2 Å². The minimum atomic E-state index is -1.20. The summed E-state index contributed by atoms with van der Waals surface area (Å²) >= 11 is 0. The molecule has 2 aromatic rings. The van der Waals surface area contributed by atoms with Crippen molar-refractivity contribution in [3.8, 4) is 0 Å². The van der Waals surface area contributed by atoms with E-state index in [-0.39, 0.29) is 5.95 Å². The van der Waals surface area contributed by atoms with Gasteiger partial charge in [0.25, 0.3) is 0 Å². The van der Waals surface area contributed by atoms with E-state index in [1.807, 2.05) is 0 Å². The van der Waals surface area contributed by atoms with Crippen LogP contribution in [0.3, 0.4) is 0 Å². The largest absolute Gasteiger partial charge is 0.394 e. The lowest BCUT2D eigenvalue weighted by Crippen LogP contribution is -2.33. The molecule has 0 radical (unpaired) electrons. The first kappa shape index (κ1) is 14.1. The van der Waals surface area contributed by atoms with Crippen molar-refractivity contribution in [3.63, 3.8) is 0 Å².